The summed E-state index contributed by atoms with van der Waals surface area (Å²) in [6.07, 6.45) is 34.7. The van der Waals surface area contributed by atoms with Crippen LogP contribution in [0.5, 0.6) is 28.7 Å². The van der Waals surface area contributed by atoms with Gasteiger partial charge in [-0.2, -0.15) is 0 Å². The van der Waals surface area contributed by atoms with Gasteiger partial charge in [0.1, 0.15) is 45.2 Å². The summed E-state index contributed by atoms with van der Waals surface area (Å²) in [7, 11) is 0. The lowest BCUT2D eigenvalue weighted by atomic mass is 9.87. The first-order chi connectivity index (χ1) is 59.2. The Kier molecular flexibility index (Phi) is 37.8. The predicted molar refractivity (Wildman–Crippen MR) is 505 cm³/mol. The van der Waals surface area contributed by atoms with E-state index in [0.29, 0.717) is 100 Å². The maximum Gasteiger partial charge on any atom is 0.224 e. The van der Waals surface area contributed by atoms with Crippen LogP contribution in [-0.2, 0) is 5.41 Å². The molecule has 5 aromatic carbocycles. The molecule has 0 aliphatic heterocycles. The van der Waals surface area contributed by atoms with Crippen LogP contribution < -0.4 is 0 Å². The summed E-state index contributed by atoms with van der Waals surface area (Å²) in [5, 5.41) is 52.1. The minimum Gasteiger partial charge on any atom is -0.504 e. The van der Waals surface area contributed by atoms with Gasteiger partial charge in [-0.15, -0.1) is 25.3 Å². The molecule has 0 aliphatic rings. The molecule has 0 saturated carbocycles. The van der Waals surface area contributed by atoms with Crippen LogP contribution in [0.4, 0.5) is 0 Å². The van der Waals surface area contributed by atoms with E-state index in [9.17, 15) is 59.1 Å². The van der Waals surface area contributed by atoms with Crippen LogP contribution in [0.1, 0.15) is 251 Å². The quantitative estimate of drug-likeness (QED) is 0.0109. The van der Waals surface area contributed by atoms with Crippen molar-refractivity contribution >= 4 is 144 Å². The number of para-hydroxylation sites is 1. The molecule has 0 bridgehead atoms. The zero-order valence-corrected chi connectivity index (χ0v) is 75.8. The maximum atomic E-state index is 11.9. The number of carbonyl (C=O) groups excluding carboxylic acids is 7. The number of unbranched alkanes of at least 4 members (excludes halogenated alkanes) is 3. The Balaban J connectivity index is 0.000000222. The molecule has 13 aromatic rings. The third kappa shape index (κ3) is 27.0. The van der Waals surface area contributed by atoms with Gasteiger partial charge in [0.2, 0.25) is 34.6 Å². The number of carbonyl (C=O) groups is 7. The summed E-state index contributed by atoms with van der Waals surface area (Å²) in [4.78, 5) is 82.0. The third-order valence-corrected chi connectivity index (χ3v) is 19.7. The Hall–Kier alpha value is -13.6. The molecule has 0 saturated heterocycles. The summed E-state index contributed by atoms with van der Waals surface area (Å²) in [5.74, 6) is 1.86. The number of aromatic hydroxyl groups is 5. The molecule has 0 aliphatic carbocycles. The molecule has 125 heavy (non-hydrogen) atoms. The van der Waals surface area contributed by atoms with Crippen LogP contribution >= 0.6 is 25.3 Å². The summed E-state index contributed by atoms with van der Waals surface area (Å²) >= 11 is 8.59. The van der Waals surface area contributed by atoms with E-state index >= 15 is 0 Å². The van der Waals surface area contributed by atoms with Crippen molar-refractivity contribution in [2.75, 3.05) is 0 Å². The molecule has 22 heteroatoms. The highest BCUT2D eigenvalue weighted by Gasteiger charge is 2.26. The van der Waals surface area contributed by atoms with E-state index in [0.717, 1.165) is 57.1 Å². The molecule has 0 amide bonds. The molecule has 8 heterocycles. The van der Waals surface area contributed by atoms with E-state index in [1.54, 1.807) is 123 Å². The molecule has 654 valence electrons. The highest BCUT2D eigenvalue weighted by atomic mass is 32.1. The van der Waals surface area contributed by atoms with Gasteiger partial charge in [0.05, 0.1) is 38.8 Å². The molecule has 0 radical (unpaired) electrons. The number of furan rings is 8. The molecule has 5 N–H and O–H groups in total. The largest absolute Gasteiger partial charge is 0.504 e. The number of fused-ring (bicyclic) bond motifs is 5. The van der Waals surface area contributed by atoms with E-state index in [4.69, 9.17) is 35.3 Å². The molecule has 8 aromatic heterocycles. The van der Waals surface area contributed by atoms with Crippen molar-refractivity contribution in [3.63, 3.8) is 0 Å². The van der Waals surface area contributed by atoms with Gasteiger partial charge in [0, 0.05) is 54.2 Å². The smallest absolute Gasteiger partial charge is 0.224 e. The van der Waals surface area contributed by atoms with Gasteiger partial charge in [-0.05, 0) is 189 Å². The number of benzene rings is 5. The fourth-order valence-corrected chi connectivity index (χ4v) is 13.2. The number of rotatable bonds is 22. The lowest BCUT2D eigenvalue weighted by Crippen LogP contribution is -2.12. The molecular weight excluding hydrogens is 1620 g/mol. The second-order valence-electron chi connectivity index (χ2n) is 29.8. The SMILES string of the molecule is C/C=C/C(=O)c1oc2ccccc2c1O.C/C=C/C=C/C=C/C(=O)c1cc(S)c(C)o1.C/C=C/C=C/c1ccc2c(O)c(C(C)=O)oc2c1C(C)=O.C/C=C/c1ccc2oc(C(C)=O)c(O)c2c1.C=CC(=C)c1oc2ccc(C)cc2c1O.C=Cc1cc2c(O)c(C(C)=O)oc2cc1C.CCCCCCC(=O)c1cc(C)co1.Cc1oc(C)c(C(C)(C)C)c1S. The molecular formula is C103H110O20S2. The first-order valence-corrected chi connectivity index (χ1v) is 41.1. The number of hydrogen-bond donors (Lipinski definition) is 7. The van der Waals surface area contributed by atoms with E-state index in [1.165, 1.54) is 58.3 Å². The van der Waals surface area contributed by atoms with Crippen LogP contribution in [0.2, 0.25) is 0 Å². The van der Waals surface area contributed by atoms with Crippen molar-refractivity contribution in [1.82, 2.24) is 0 Å². The van der Waals surface area contributed by atoms with Crippen LogP contribution in [0.15, 0.2) is 247 Å². The lowest BCUT2D eigenvalue weighted by Gasteiger charge is -2.18. The highest BCUT2D eigenvalue weighted by Crippen LogP contribution is 2.41. The zero-order valence-electron chi connectivity index (χ0n) is 74.0. The van der Waals surface area contributed by atoms with Gasteiger partial charge in [-0.25, -0.2) is 0 Å². The summed E-state index contributed by atoms with van der Waals surface area (Å²) in [6, 6.07) is 28.4. The van der Waals surface area contributed by atoms with Gasteiger partial charge < -0.3 is 60.9 Å². The maximum absolute atomic E-state index is 11.9. The van der Waals surface area contributed by atoms with E-state index < -0.39 is 0 Å². The fraction of sp³-hybridized carbons (Fsp3) is 0.233. The zero-order chi connectivity index (χ0) is 92.9. The third-order valence-electron chi connectivity index (χ3n) is 18.7. The van der Waals surface area contributed by atoms with Crippen molar-refractivity contribution < 1.29 is 94.4 Å². The lowest BCUT2D eigenvalue weighted by molar-refractivity contribution is 0.0948. The van der Waals surface area contributed by atoms with Crippen molar-refractivity contribution in [2.24, 2.45) is 0 Å². The molecule has 0 fully saturated rings. The summed E-state index contributed by atoms with van der Waals surface area (Å²) in [6.45, 7) is 44.2. The number of hydrogen-bond acceptors (Lipinski definition) is 22. The van der Waals surface area contributed by atoms with Crippen LogP contribution in [0.25, 0.3) is 78.6 Å². The second-order valence-corrected chi connectivity index (χ2v) is 30.7. The first-order valence-electron chi connectivity index (χ1n) is 40.2. The van der Waals surface area contributed by atoms with Crippen molar-refractivity contribution in [2.45, 2.75) is 172 Å². The predicted octanol–water partition coefficient (Wildman–Crippen LogP) is 28.3. The minimum atomic E-state index is -0.385. The van der Waals surface area contributed by atoms with Crippen molar-refractivity contribution in [3.8, 4) is 28.7 Å². The highest BCUT2D eigenvalue weighted by molar-refractivity contribution is 7.80. The molecule has 0 spiro atoms. The van der Waals surface area contributed by atoms with Gasteiger partial charge in [-0.3, -0.25) is 33.6 Å². The van der Waals surface area contributed by atoms with Gasteiger partial charge >= 0.3 is 0 Å². The summed E-state index contributed by atoms with van der Waals surface area (Å²) in [5.41, 5.74) is 10.4. The van der Waals surface area contributed by atoms with Gasteiger partial charge in [0.25, 0.3) is 0 Å². The van der Waals surface area contributed by atoms with E-state index in [2.05, 4.69) is 72.7 Å². The number of ketones is 7. The Bertz CT molecular complexity index is 6280. The number of Topliss-reactive ketones (excluding diaryl/α,β-unsaturated/α-hetero) is 5. The van der Waals surface area contributed by atoms with Gasteiger partial charge in [0.15, 0.2) is 74.9 Å². The first kappa shape index (κ1) is 100. The minimum absolute atomic E-state index is 0.00528. The number of aryl methyl sites for hydroxylation is 6. The molecule has 20 nitrogen and oxygen atoms in total. The van der Waals surface area contributed by atoms with Crippen LogP contribution in [0.3, 0.4) is 0 Å². The fourth-order valence-electron chi connectivity index (χ4n) is 12.5. The van der Waals surface area contributed by atoms with Crippen LogP contribution in [0, 0.1) is 41.5 Å². The normalized spacial score (nSPS) is 11.3. The Morgan fingerprint density at radius 3 is 1.55 bits per heavy atom. The van der Waals surface area contributed by atoms with E-state index in [1.807, 2.05) is 134 Å². The summed E-state index contributed by atoms with van der Waals surface area (Å²) < 4.78 is 42.6. The van der Waals surface area contributed by atoms with Crippen molar-refractivity contribution in [1.29, 1.82) is 0 Å². The second kappa shape index (κ2) is 47.2. The number of thiol groups is 2. The van der Waals surface area contributed by atoms with Crippen LogP contribution in [-0.4, -0.2) is 66.0 Å². The number of allylic oxidation sites excluding steroid dienone is 14. The average molecular weight is 1730 g/mol. The Morgan fingerprint density at radius 1 is 0.456 bits per heavy atom. The molecule has 13 rings (SSSR count). The monoisotopic (exact) mass is 1730 g/mol. The Labute approximate surface area is 739 Å². The van der Waals surface area contributed by atoms with Crippen molar-refractivity contribution in [3.05, 3.63) is 304 Å². The topological polar surface area (TPSA) is 326 Å². The standard InChI is InChI=1S/C17H16O4.2C13H12O3.C13H14O2S.C13H12O2.C12H10O3.C12H18O2.C10H16OS/c1-4-5-6-7-12-8-9-13-15(20)16(11(3)19)21-17(13)14(12)10(2)18;1-4-9-6-10-11(5-7(9)2)16-13(8(3)14)12(10)15;1-3-4-9-5-6-11-10(7-9)12(15)13(16-11)8(2)14;1-3-4-5-6-7-8-11(14)12-9-13(16)10(2)15-12;1-4-9(3)13-12(14)10-7-8(2)5-6-11(10)15-13;1-2-5-9(13)12-11(14)8-6-3-4-7-10(8)15-12;1-3-4-5-6-7-11(13)12-8-10(2)9-14-12;1-6-8(10(3,4)5)9(12)7(2)11-6/h4-9,20H,1-3H3;4-6,15H,1H2,2-3H3;3-7,15H,1-2H3;3-9,16H,1-2H3;4-7,14H,1,3H2,2H3;2-7,14H,1H3;8-9H,3-7H2,1-2H3;12H,1-5H3/b5-4+,7-6+;;4-3+;4-3+,6-5+,8-7+;;5-2+;;. The average Bonchev–Trinajstić information content (AvgIpc) is 1.63. The van der Waals surface area contributed by atoms with Gasteiger partial charge in [-0.1, -0.05) is 188 Å². The van der Waals surface area contributed by atoms with E-state index in [-0.39, 0.29) is 103 Å². The Morgan fingerprint density at radius 2 is 1.02 bits per heavy atom. The molecule has 0 atom stereocenters. The molecule has 0 unspecified atom stereocenters.